The maximum Gasteiger partial charge on any atom is -0.0000479 e. The summed E-state index contributed by atoms with van der Waals surface area (Å²) in [5, 5.41) is 4.88. The van der Waals surface area contributed by atoms with Crippen molar-refractivity contribution in [3.8, 4) is 44.5 Å². The fourth-order valence-corrected chi connectivity index (χ4v) is 11.1. The Morgan fingerprint density at radius 1 is 0.132 bits per heavy atom. The molecule has 0 fully saturated rings. The fraction of sp³-hybridized carbons (Fsp3) is 0. The molecule has 0 atom stereocenters. The van der Waals surface area contributed by atoms with Crippen molar-refractivity contribution in [1.29, 1.82) is 0 Å². The Hall–Kier alpha value is -8.84. The number of hydrogen-bond acceptors (Lipinski definition) is 0. The van der Waals surface area contributed by atoms with Gasteiger partial charge in [0.2, 0.25) is 0 Å². The van der Waals surface area contributed by atoms with Crippen LogP contribution in [0.15, 0.2) is 272 Å². The van der Waals surface area contributed by atoms with Gasteiger partial charge in [-0.2, -0.15) is 0 Å². The van der Waals surface area contributed by atoms with E-state index in [1.807, 2.05) is 0 Å². The largest absolute Gasteiger partial charge is 0.0622 e. The monoisotopic (exact) mass is 860 g/mol. The van der Waals surface area contributed by atoms with Crippen LogP contribution in [0.2, 0.25) is 0 Å². The summed E-state index contributed by atoms with van der Waals surface area (Å²) >= 11 is 0. The first-order valence-electron chi connectivity index (χ1n) is 23.6. The van der Waals surface area contributed by atoms with Crippen LogP contribution >= 0.6 is 0 Å². The highest BCUT2D eigenvalue weighted by molar-refractivity contribution is 6.41. The minimum absolute atomic E-state index is 1.18. The summed E-state index contributed by atoms with van der Waals surface area (Å²) in [6.45, 7) is 0. The normalized spacial score (nSPS) is 13.1. The molecule has 0 heterocycles. The number of benzene rings is 11. The van der Waals surface area contributed by atoms with Crippen molar-refractivity contribution in [2.75, 3.05) is 0 Å². The minimum atomic E-state index is 1.18. The number of allylic oxidation sites excluding steroid dienone is 5. The van der Waals surface area contributed by atoms with Crippen molar-refractivity contribution in [3.05, 3.63) is 306 Å². The van der Waals surface area contributed by atoms with Crippen molar-refractivity contribution in [1.82, 2.24) is 0 Å². The summed E-state index contributed by atoms with van der Waals surface area (Å²) in [5.74, 6) is 0. The first-order chi connectivity index (χ1) is 33.8. The van der Waals surface area contributed by atoms with Crippen LogP contribution in [0.5, 0.6) is 0 Å². The van der Waals surface area contributed by atoms with Gasteiger partial charge in [-0.1, -0.05) is 255 Å². The second-order valence-corrected chi connectivity index (χ2v) is 17.8. The van der Waals surface area contributed by atoms with Gasteiger partial charge in [0, 0.05) is 0 Å². The van der Waals surface area contributed by atoms with E-state index in [4.69, 9.17) is 0 Å². The summed E-state index contributed by atoms with van der Waals surface area (Å²) in [6.07, 6.45) is 0. The van der Waals surface area contributed by atoms with Crippen LogP contribution in [-0.2, 0) is 0 Å². The lowest BCUT2D eigenvalue weighted by molar-refractivity contribution is 1.49. The molecule has 316 valence electrons. The topological polar surface area (TPSA) is 0 Å². The minimum Gasteiger partial charge on any atom is -0.0622 e. The van der Waals surface area contributed by atoms with Crippen molar-refractivity contribution in [2.45, 2.75) is 0 Å². The summed E-state index contributed by atoms with van der Waals surface area (Å²) in [5.41, 5.74) is 24.4. The second-order valence-electron chi connectivity index (χ2n) is 17.8. The lowest BCUT2D eigenvalue weighted by atomic mass is 9.75. The van der Waals surface area contributed by atoms with Crippen LogP contribution in [0.1, 0.15) is 33.4 Å². The number of rotatable bonds is 8. The SMILES string of the molecule is c1ccc(C2=C(c3ccccc3)C(c3ccc4ccccc4c3)=C3C2=C(c2ccc4ccccc4c2)c2c3c(-c3ccccc3)c(-c3ccccc3)c(-c3ccccc3)c2-c2ccccc2)cc1. The van der Waals surface area contributed by atoms with Gasteiger partial charge in [0.25, 0.3) is 0 Å². The maximum atomic E-state index is 2.44. The van der Waals surface area contributed by atoms with Crippen LogP contribution in [-0.4, -0.2) is 0 Å². The van der Waals surface area contributed by atoms with E-state index in [1.54, 1.807) is 0 Å². The molecule has 0 aromatic heterocycles. The van der Waals surface area contributed by atoms with Crippen LogP contribution in [0, 0.1) is 0 Å². The molecule has 0 bridgehead atoms. The molecule has 0 spiro atoms. The average molecular weight is 861 g/mol. The first kappa shape index (κ1) is 39.5. The molecule has 68 heavy (non-hydrogen) atoms. The fourth-order valence-electron chi connectivity index (χ4n) is 11.1. The zero-order chi connectivity index (χ0) is 45.0. The Morgan fingerprint density at radius 2 is 0.397 bits per heavy atom. The van der Waals surface area contributed by atoms with Crippen LogP contribution in [0.25, 0.3) is 93.9 Å². The van der Waals surface area contributed by atoms with E-state index in [9.17, 15) is 0 Å². The van der Waals surface area contributed by atoms with Gasteiger partial charge in [0.05, 0.1) is 0 Å². The van der Waals surface area contributed by atoms with E-state index in [0.29, 0.717) is 0 Å². The zero-order valence-electron chi connectivity index (χ0n) is 37.4. The molecule has 0 saturated heterocycles. The average Bonchev–Trinajstić information content (AvgIpc) is 3.94. The Kier molecular flexibility index (Phi) is 9.62. The van der Waals surface area contributed by atoms with Gasteiger partial charge < -0.3 is 0 Å². The molecule has 0 amide bonds. The van der Waals surface area contributed by atoms with E-state index in [0.717, 1.165) is 0 Å². The molecule has 0 unspecified atom stereocenters. The predicted octanol–water partition coefficient (Wildman–Crippen LogP) is 18.0. The molecular formula is C68H44. The standard InChI is InChI=1S/C68H44/c1-7-25-47(26-8-1)57-58(48-27-9-2-10-28-48)62(52-35-17-6-18-36-52)67-65(60(57)50-31-13-4-14-32-50)64(56-42-40-46-24-20-22-38-54(46)44-56)66-61(51-33-15-5-16-34-51)59(49-29-11-3-12-30-49)63(68(66)67)55-41-39-45-23-19-21-37-53(45)43-55/h1-44H. The molecule has 2 aliphatic rings. The van der Waals surface area contributed by atoms with Crippen molar-refractivity contribution in [2.24, 2.45) is 0 Å². The van der Waals surface area contributed by atoms with E-state index in [1.165, 1.54) is 133 Å². The third-order valence-electron chi connectivity index (χ3n) is 14.0. The molecule has 0 radical (unpaired) electrons. The quantitative estimate of drug-likeness (QED) is 0.143. The first-order valence-corrected chi connectivity index (χ1v) is 23.6. The highest BCUT2D eigenvalue weighted by atomic mass is 14.5. The molecule has 0 saturated carbocycles. The van der Waals surface area contributed by atoms with Crippen molar-refractivity contribution >= 4 is 49.4 Å². The van der Waals surface area contributed by atoms with E-state index in [2.05, 4.69) is 267 Å². The van der Waals surface area contributed by atoms with Gasteiger partial charge in [0.1, 0.15) is 0 Å². The van der Waals surface area contributed by atoms with E-state index in [-0.39, 0.29) is 0 Å². The van der Waals surface area contributed by atoms with Gasteiger partial charge in [0.15, 0.2) is 0 Å². The van der Waals surface area contributed by atoms with Gasteiger partial charge >= 0.3 is 0 Å². The van der Waals surface area contributed by atoms with E-state index < -0.39 is 0 Å². The highest BCUT2D eigenvalue weighted by Gasteiger charge is 2.44. The molecule has 0 heteroatoms. The van der Waals surface area contributed by atoms with Gasteiger partial charge in [-0.3, -0.25) is 0 Å². The Balaban J connectivity index is 1.34. The second kappa shape index (κ2) is 16.5. The molecule has 13 rings (SSSR count). The maximum absolute atomic E-state index is 2.44. The van der Waals surface area contributed by atoms with Crippen molar-refractivity contribution in [3.63, 3.8) is 0 Å². The molecular weight excluding hydrogens is 817 g/mol. The van der Waals surface area contributed by atoms with Crippen LogP contribution in [0.3, 0.4) is 0 Å². The zero-order valence-corrected chi connectivity index (χ0v) is 37.4. The van der Waals surface area contributed by atoms with Gasteiger partial charge in [-0.25, -0.2) is 0 Å². The Morgan fingerprint density at radius 3 is 0.779 bits per heavy atom. The highest BCUT2D eigenvalue weighted by Crippen LogP contribution is 2.66. The molecule has 0 nitrogen and oxygen atoms in total. The number of hydrogen-bond donors (Lipinski definition) is 0. The smallest absolute Gasteiger partial charge is 0.0000479 e. The lowest BCUT2D eigenvalue weighted by Gasteiger charge is -2.27. The predicted molar refractivity (Wildman–Crippen MR) is 289 cm³/mol. The van der Waals surface area contributed by atoms with Crippen molar-refractivity contribution < 1.29 is 0 Å². The Labute approximate surface area is 397 Å². The lowest BCUT2D eigenvalue weighted by Crippen LogP contribution is -2.04. The van der Waals surface area contributed by atoms with Crippen LogP contribution < -0.4 is 0 Å². The molecule has 11 aromatic rings. The third-order valence-corrected chi connectivity index (χ3v) is 14.0. The van der Waals surface area contributed by atoms with Crippen LogP contribution in [0.4, 0.5) is 0 Å². The summed E-state index contributed by atoms with van der Waals surface area (Å²) in [6, 6.07) is 98.7. The van der Waals surface area contributed by atoms with E-state index >= 15 is 0 Å². The molecule has 0 aliphatic heterocycles. The third kappa shape index (κ3) is 6.45. The summed E-state index contributed by atoms with van der Waals surface area (Å²) in [7, 11) is 0. The Bertz CT molecular complexity index is 3820. The summed E-state index contributed by atoms with van der Waals surface area (Å²) < 4.78 is 0. The molecule has 11 aromatic carbocycles. The number of fused-ring (bicyclic) bond motifs is 5. The summed E-state index contributed by atoms with van der Waals surface area (Å²) in [4.78, 5) is 0. The van der Waals surface area contributed by atoms with Gasteiger partial charge in [-0.05, 0) is 145 Å². The van der Waals surface area contributed by atoms with Gasteiger partial charge in [-0.15, -0.1) is 0 Å². The molecule has 0 N–H and O–H groups in total. The molecule has 2 aliphatic carbocycles.